The molecule has 0 unspecified atom stereocenters. The van der Waals surface area contributed by atoms with Gasteiger partial charge < -0.3 is 4.74 Å². The Labute approximate surface area is 95.5 Å². The van der Waals surface area contributed by atoms with Crippen LogP contribution in [0, 0.1) is 0 Å². The largest absolute Gasteiger partial charge is 0.483 e. The second-order valence-electron chi connectivity index (χ2n) is 3.71. The van der Waals surface area contributed by atoms with Gasteiger partial charge >= 0.3 is 0 Å². The highest BCUT2D eigenvalue weighted by molar-refractivity contribution is 5.76. The van der Waals surface area contributed by atoms with Crippen molar-refractivity contribution in [3.8, 4) is 5.75 Å². The molecule has 88 valence electrons. The number of hydrogen-bond donors (Lipinski definition) is 1. The quantitative estimate of drug-likeness (QED) is 0.775. The number of hydroxylamine groups is 1. The molecule has 16 heavy (non-hydrogen) atoms. The molecule has 0 spiro atoms. The van der Waals surface area contributed by atoms with E-state index < -0.39 is 0 Å². The number of nitrogens with one attached hydrogen (secondary N) is 1. The summed E-state index contributed by atoms with van der Waals surface area (Å²) in [6.45, 7) is 4.12. The van der Waals surface area contributed by atoms with Crippen LogP contribution in [0.4, 0.5) is 0 Å². The fourth-order valence-electron chi connectivity index (χ4n) is 1.38. The fourth-order valence-corrected chi connectivity index (χ4v) is 1.38. The lowest BCUT2D eigenvalue weighted by atomic mass is 10.0. The Bertz CT molecular complexity index is 350. The summed E-state index contributed by atoms with van der Waals surface area (Å²) in [5.74, 6) is 0.798. The molecule has 4 nitrogen and oxygen atoms in total. The summed E-state index contributed by atoms with van der Waals surface area (Å²) in [5.41, 5.74) is 3.29. The standard InChI is InChI=1S/C12H17NO3/c1-9(2)10-6-4-5-7-11(10)16-8-12(14)13-15-3/h4-7,9H,8H2,1-3H3,(H,13,14). The molecule has 1 aromatic carbocycles. The maximum absolute atomic E-state index is 11.1. The van der Waals surface area contributed by atoms with E-state index in [0.717, 1.165) is 11.3 Å². The molecule has 0 aliphatic heterocycles. The average Bonchev–Trinajstić information content (AvgIpc) is 2.27. The summed E-state index contributed by atoms with van der Waals surface area (Å²) in [6, 6.07) is 7.69. The Kier molecular flexibility index (Phi) is 4.79. The summed E-state index contributed by atoms with van der Waals surface area (Å²) in [7, 11) is 1.39. The normalized spacial score (nSPS) is 10.2. The van der Waals surface area contributed by atoms with E-state index in [9.17, 15) is 4.79 Å². The Morgan fingerprint density at radius 2 is 2.06 bits per heavy atom. The zero-order chi connectivity index (χ0) is 12.0. The van der Waals surface area contributed by atoms with Crippen molar-refractivity contribution in [1.82, 2.24) is 5.48 Å². The van der Waals surface area contributed by atoms with Crippen molar-refractivity contribution in [3.05, 3.63) is 29.8 Å². The minimum atomic E-state index is -0.305. The number of amides is 1. The van der Waals surface area contributed by atoms with E-state index in [-0.39, 0.29) is 12.5 Å². The molecule has 4 heteroatoms. The van der Waals surface area contributed by atoms with Crippen LogP contribution in [-0.4, -0.2) is 19.6 Å². The summed E-state index contributed by atoms with van der Waals surface area (Å²) in [5, 5.41) is 0. The minimum absolute atomic E-state index is 0.0441. The third-order valence-corrected chi connectivity index (χ3v) is 2.12. The van der Waals surface area contributed by atoms with Gasteiger partial charge in [-0.3, -0.25) is 9.63 Å². The molecule has 0 saturated heterocycles. The van der Waals surface area contributed by atoms with Gasteiger partial charge in [0.1, 0.15) is 5.75 Å². The molecule has 0 saturated carbocycles. The van der Waals surface area contributed by atoms with Crippen LogP contribution >= 0.6 is 0 Å². The number of ether oxygens (including phenoxy) is 1. The molecule has 1 N–H and O–H groups in total. The third kappa shape index (κ3) is 3.55. The van der Waals surface area contributed by atoms with Gasteiger partial charge in [-0.15, -0.1) is 0 Å². The minimum Gasteiger partial charge on any atom is -0.483 e. The van der Waals surface area contributed by atoms with Gasteiger partial charge in [-0.05, 0) is 17.5 Å². The smallest absolute Gasteiger partial charge is 0.281 e. The molecule has 1 amide bonds. The number of carbonyl (C=O) groups is 1. The van der Waals surface area contributed by atoms with Crippen molar-refractivity contribution in [3.63, 3.8) is 0 Å². The molecular weight excluding hydrogens is 206 g/mol. The monoisotopic (exact) mass is 223 g/mol. The molecule has 0 atom stereocenters. The highest BCUT2D eigenvalue weighted by Gasteiger charge is 2.08. The third-order valence-electron chi connectivity index (χ3n) is 2.12. The van der Waals surface area contributed by atoms with Gasteiger partial charge in [0.05, 0.1) is 7.11 Å². The number of hydrogen-bond acceptors (Lipinski definition) is 3. The number of carbonyl (C=O) groups excluding carboxylic acids is 1. The van der Waals surface area contributed by atoms with Gasteiger partial charge in [0.25, 0.3) is 5.91 Å². The predicted octanol–water partition coefficient (Wildman–Crippen LogP) is 1.87. The van der Waals surface area contributed by atoms with Crippen molar-refractivity contribution in [2.24, 2.45) is 0 Å². The highest BCUT2D eigenvalue weighted by Crippen LogP contribution is 2.25. The second-order valence-corrected chi connectivity index (χ2v) is 3.71. The van der Waals surface area contributed by atoms with Crippen LogP contribution in [0.2, 0.25) is 0 Å². The Morgan fingerprint density at radius 1 is 1.38 bits per heavy atom. The molecule has 0 aliphatic rings. The van der Waals surface area contributed by atoms with Gasteiger partial charge in [0.15, 0.2) is 6.61 Å². The first kappa shape index (κ1) is 12.5. The van der Waals surface area contributed by atoms with E-state index in [4.69, 9.17) is 4.74 Å². The topological polar surface area (TPSA) is 47.6 Å². The van der Waals surface area contributed by atoms with Crippen LogP contribution in [-0.2, 0) is 9.63 Å². The maximum atomic E-state index is 11.1. The molecule has 0 radical (unpaired) electrons. The average molecular weight is 223 g/mol. The lowest BCUT2D eigenvalue weighted by Gasteiger charge is -2.13. The molecule has 1 aromatic rings. The van der Waals surface area contributed by atoms with Crippen LogP contribution < -0.4 is 10.2 Å². The van der Waals surface area contributed by atoms with E-state index in [0.29, 0.717) is 5.92 Å². The van der Waals surface area contributed by atoms with Crippen LogP contribution in [0.5, 0.6) is 5.75 Å². The highest BCUT2D eigenvalue weighted by atomic mass is 16.6. The van der Waals surface area contributed by atoms with Crippen molar-refractivity contribution in [2.45, 2.75) is 19.8 Å². The van der Waals surface area contributed by atoms with Gasteiger partial charge in [0, 0.05) is 0 Å². The number of rotatable bonds is 5. The van der Waals surface area contributed by atoms with Crippen LogP contribution in [0.1, 0.15) is 25.3 Å². The Hall–Kier alpha value is -1.55. The molecule has 0 bridgehead atoms. The van der Waals surface area contributed by atoms with E-state index in [2.05, 4.69) is 24.2 Å². The zero-order valence-electron chi connectivity index (χ0n) is 9.82. The maximum Gasteiger partial charge on any atom is 0.281 e. The molecular formula is C12H17NO3. The lowest BCUT2D eigenvalue weighted by Crippen LogP contribution is -2.27. The SMILES string of the molecule is CONC(=O)COc1ccccc1C(C)C. The number of benzene rings is 1. The number of para-hydroxylation sites is 1. The fraction of sp³-hybridized carbons (Fsp3) is 0.417. The second kappa shape index (κ2) is 6.12. The van der Waals surface area contributed by atoms with Gasteiger partial charge in [0.2, 0.25) is 0 Å². The first-order valence-electron chi connectivity index (χ1n) is 5.18. The molecule has 1 rings (SSSR count). The van der Waals surface area contributed by atoms with Crippen LogP contribution in [0.25, 0.3) is 0 Å². The predicted molar refractivity (Wildman–Crippen MR) is 61.2 cm³/mol. The van der Waals surface area contributed by atoms with Gasteiger partial charge in [-0.1, -0.05) is 32.0 Å². The van der Waals surface area contributed by atoms with Crippen LogP contribution in [0.15, 0.2) is 24.3 Å². The van der Waals surface area contributed by atoms with Gasteiger partial charge in [-0.25, -0.2) is 5.48 Å². The van der Waals surface area contributed by atoms with Crippen LogP contribution in [0.3, 0.4) is 0 Å². The Morgan fingerprint density at radius 3 is 2.69 bits per heavy atom. The van der Waals surface area contributed by atoms with E-state index in [1.165, 1.54) is 7.11 Å². The summed E-state index contributed by atoms with van der Waals surface area (Å²) < 4.78 is 5.42. The van der Waals surface area contributed by atoms with E-state index in [1.807, 2.05) is 24.3 Å². The first-order valence-corrected chi connectivity index (χ1v) is 5.18. The lowest BCUT2D eigenvalue weighted by molar-refractivity contribution is -0.133. The van der Waals surface area contributed by atoms with Gasteiger partial charge in [-0.2, -0.15) is 0 Å². The van der Waals surface area contributed by atoms with Crippen molar-refractivity contribution in [2.75, 3.05) is 13.7 Å². The molecule has 0 aromatic heterocycles. The summed E-state index contributed by atoms with van der Waals surface area (Å²) in [4.78, 5) is 15.6. The summed E-state index contributed by atoms with van der Waals surface area (Å²) in [6.07, 6.45) is 0. The first-order chi connectivity index (χ1) is 7.65. The molecule has 0 aliphatic carbocycles. The van der Waals surface area contributed by atoms with Crippen molar-refractivity contribution in [1.29, 1.82) is 0 Å². The molecule has 0 fully saturated rings. The zero-order valence-corrected chi connectivity index (χ0v) is 9.82. The van der Waals surface area contributed by atoms with Crippen molar-refractivity contribution < 1.29 is 14.4 Å². The molecule has 0 heterocycles. The van der Waals surface area contributed by atoms with E-state index >= 15 is 0 Å². The summed E-state index contributed by atoms with van der Waals surface area (Å²) >= 11 is 0. The Balaban J connectivity index is 2.63. The van der Waals surface area contributed by atoms with E-state index in [1.54, 1.807) is 0 Å². The van der Waals surface area contributed by atoms with Crippen molar-refractivity contribution >= 4 is 5.91 Å².